The number of nitrogens with zero attached hydrogens (tertiary/aromatic N) is 2. The molecule has 1 aliphatic rings. The number of fused-ring (bicyclic) bond motifs is 1. The summed E-state index contributed by atoms with van der Waals surface area (Å²) in [5.74, 6) is 0.133. The molecule has 1 amide bonds. The third-order valence-corrected chi connectivity index (χ3v) is 4.73. The normalized spacial score (nSPS) is 16.4. The highest BCUT2D eigenvalue weighted by molar-refractivity contribution is 5.95. The molecule has 0 radical (unpaired) electrons. The molecule has 2 heterocycles. The molecule has 2 N–H and O–H groups in total. The minimum absolute atomic E-state index is 0.0326. The van der Waals surface area contributed by atoms with E-state index in [1.807, 2.05) is 42.1 Å². The maximum atomic E-state index is 12.2. The minimum Gasteiger partial charge on any atom is -0.508 e. The quantitative estimate of drug-likeness (QED) is 0.772. The van der Waals surface area contributed by atoms with Crippen molar-refractivity contribution in [2.24, 2.45) is 0 Å². The molecule has 2 aromatic carbocycles. The summed E-state index contributed by atoms with van der Waals surface area (Å²) in [4.78, 5) is 12.2. The van der Waals surface area contributed by atoms with Crippen LogP contribution in [0.5, 0.6) is 5.75 Å². The highest BCUT2D eigenvalue weighted by Gasteiger charge is 2.28. The summed E-state index contributed by atoms with van der Waals surface area (Å²) in [6.07, 6.45) is 4.09. The molecule has 4 rings (SSSR count). The first-order chi connectivity index (χ1) is 12.1. The SMILES string of the molecule is Cc1cc2c(cc1O)NC(=O)CC2c1ccccc1Cn1cccn1. The van der Waals surface area contributed by atoms with E-state index in [1.165, 1.54) is 0 Å². The molecule has 0 aliphatic carbocycles. The number of amides is 1. The number of benzene rings is 2. The van der Waals surface area contributed by atoms with Gasteiger partial charge >= 0.3 is 0 Å². The van der Waals surface area contributed by atoms with Gasteiger partial charge in [0.15, 0.2) is 0 Å². The van der Waals surface area contributed by atoms with Crippen LogP contribution in [0.15, 0.2) is 54.9 Å². The first-order valence-corrected chi connectivity index (χ1v) is 8.30. The van der Waals surface area contributed by atoms with Crippen LogP contribution in [0, 0.1) is 6.92 Å². The Morgan fingerprint density at radius 3 is 2.88 bits per heavy atom. The Morgan fingerprint density at radius 1 is 1.24 bits per heavy atom. The van der Waals surface area contributed by atoms with Crippen LogP contribution in [0.25, 0.3) is 0 Å². The molecule has 5 heteroatoms. The molecule has 3 aromatic rings. The van der Waals surface area contributed by atoms with Crippen LogP contribution in [0.2, 0.25) is 0 Å². The van der Waals surface area contributed by atoms with Crippen molar-refractivity contribution < 1.29 is 9.90 Å². The van der Waals surface area contributed by atoms with E-state index in [0.717, 1.165) is 22.3 Å². The molecule has 0 saturated heterocycles. The van der Waals surface area contributed by atoms with Gasteiger partial charge in [0.2, 0.25) is 5.91 Å². The molecule has 25 heavy (non-hydrogen) atoms. The second kappa shape index (κ2) is 6.09. The molecule has 0 saturated carbocycles. The highest BCUT2D eigenvalue weighted by atomic mass is 16.3. The van der Waals surface area contributed by atoms with Gasteiger partial charge in [-0.15, -0.1) is 0 Å². The van der Waals surface area contributed by atoms with E-state index in [2.05, 4.69) is 22.5 Å². The number of hydrogen-bond acceptors (Lipinski definition) is 3. The number of hydrogen-bond donors (Lipinski definition) is 2. The van der Waals surface area contributed by atoms with Crippen molar-refractivity contribution in [1.82, 2.24) is 9.78 Å². The Hall–Kier alpha value is -3.08. The zero-order valence-corrected chi connectivity index (χ0v) is 13.9. The van der Waals surface area contributed by atoms with Gasteiger partial charge < -0.3 is 10.4 Å². The van der Waals surface area contributed by atoms with E-state index in [1.54, 1.807) is 12.3 Å². The Bertz CT molecular complexity index is 932. The van der Waals surface area contributed by atoms with Crippen LogP contribution in [0.1, 0.15) is 34.6 Å². The summed E-state index contributed by atoms with van der Waals surface area (Å²) in [6, 6.07) is 13.7. The Balaban J connectivity index is 1.81. The number of nitrogens with one attached hydrogen (secondary N) is 1. The molecule has 1 aromatic heterocycles. The maximum Gasteiger partial charge on any atom is 0.225 e. The van der Waals surface area contributed by atoms with Crippen LogP contribution >= 0.6 is 0 Å². The zero-order valence-electron chi connectivity index (χ0n) is 13.9. The number of rotatable bonds is 3. The predicted molar refractivity (Wildman–Crippen MR) is 95.7 cm³/mol. The van der Waals surface area contributed by atoms with Gasteiger partial charge in [0.05, 0.1) is 6.54 Å². The largest absolute Gasteiger partial charge is 0.508 e. The smallest absolute Gasteiger partial charge is 0.225 e. The number of carbonyl (C=O) groups excluding carboxylic acids is 1. The monoisotopic (exact) mass is 333 g/mol. The first kappa shape index (κ1) is 15.4. The summed E-state index contributed by atoms with van der Waals surface area (Å²) in [6.45, 7) is 2.53. The molecular weight excluding hydrogens is 314 g/mol. The molecule has 126 valence electrons. The standard InChI is InChI=1S/C20H19N3O2/c1-13-9-17-16(10-20(25)22-18(17)11-19(13)24)15-6-3-2-5-14(15)12-23-8-4-7-21-23/h2-9,11,16,24H,10,12H2,1H3,(H,22,25). The number of carbonyl (C=O) groups is 1. The average Bonchev–Trinajstić information content (AvgIpc) is 3.09. The maximum absolute atomic E-state index is 12.2. The Labute approximate surface area is 145 Å². The second-order valence-corrected chi connectivity index (χ2v) is 6.43. The van der Waals surface area contributed by atoms with E-state index in [0.29, 0.717) is 18.7 Å². The first-order valence-electron chi connectivity index (χ1n) is 8.30. The lowest BCUT2D eigenvalue weighted by atomic mass is 9.82. The highest BCUT2D eigenvalue weighted by Crippen LogP contribution is 2.41. The third kappa shape index (κ3) is 2.89. The Kier molecular flexibility index (Phi) is 3.76. The van der Waals surface area contributed by atoms with Gasteiger partial charge in [0, 0.05) is 36.5 Å². The van der Waals surface area contributed by atoms with E-state index < -0.39 is 0 Å². The summed E-state index contributed by atoms with van der Waals surface area (Å²) >= 11 is 0. The van der Waals surface area contributed by atoms with Crippen molar-refractivity contribution in [3.8, 4) is 5.75 Å². The van der Waals surface area contributed by atoms with Gasteiger partial charge in [-0.3, -0.25) is 9.48 Å². The molecule has 1 aliphatic heterocycles. The van der Waals surface area contributed by atoms with Crippen molar-refractivity contribution in [3.05, 3.63) is 77.1 Å². The number of phenols is 1. The van der Waals surface area contributed by atoms with Crippen LogP contribution in [0.4, 0.5) is 5.69 Å². The summed E-state index contributed by atoms with van der Waals surface area (Å²) in [5.41, 5.74) is 4.81. The minimum atomic E-state index is -0.0327. The van der Waals surface area contributed by atoms with E-state index in [9.17, 15) is 9.90 Å². The fourth-order valence-corrected chi connectivity index (χ4v) is 3.48. The zero-order chi connectivity index (χ0) is 17.4. The number of anilines is 1. The van der Waals surface area contributed by atoms with Gasteiger partial charge in [-0.05, 0) is 41.3 Å². The fourth-order valence-electron chi connectivity index (χ4n) is 3.48. The topological polar surface area (TPSA) is 67.2 Å². The van der Waals surface area contributed by atoms with Crippen molar-refractivity contribution in [2.75, 3.05) is 5.32 Å². The van der Waals surface area contributed by atoms with Crippen molar-refractivity contribution in [1.29, 1.82) is 0 Å². The predicted octanol–water partition coefficient (Wildman–Crippen LogP) is 3.42. The van der Waals surface area contributed by atoms with Crippen LogP contribution in [0.3, 0.4) is 0 Å². The molecule has 1 atom stereocenters. The van der Waals surface area contributed by atoms with Gasteiger partial charge in [-0.1, -0.05) is 24.3 Å². The fraction of sp³-hybridized carbons (Fsp3) is 0.200. The Morgan fingerprint density at radius 2 is 2.08 bits per heavy atom. The lowest BCUT2D eigenvalue weighted by Crippen LogP contribution is -2.24. The summed E-state index contributed by atoms with van der Waals surface area (Å²) < 4.78 is 1.88. The number of aryl methyl sites for hydroxylation is 1. The van der Waals surface area contributed by atoms with Crippen molar-refractivity contribution in [2.45, 2.75) is 25.8 Å². The number of phenolic OH excluding ortho intramolecular Hbond substituents is 1. The van der Waals surface area contributed by atoms with E-state index in [4.69, 9.17) is 0 Å². The molecular formula is C20H19N3O2. The average molecular weight is 333 g/mol. The van der Waals surface area contributed by atoms with Crippen molar-refractivity contribution >= 4 is 11.6 Å². The van der Waals surface area contributed by atoms with Crippen LogP contribution in [-0.4, -0.2) is 20.8 Å². The third-order valence-electron chi connectivity index (χ3n) is 4.73. The van der Waals surface area contributed by atoms with E-state index >= 15 is 0 Å². The number of aromatic nitrogens is 2. The lowest BCUT2D eigenvalue weighted by molar-refractivity contribution is -0.116. The molecule has 1 unspecified atom stereocenters. The molecule has 0 spiro atoms. The van der Waals surface area contributed by atoms with E-state index in [-0.39, 0.29) is 17.6 Å². The second-order valence-electron chi connectivity index (χ2n) is 6.43. The lowest BCUT2D eigenvalue weighted by Gasteiger charge is -2.28. The van der Waals surface area contributed by atoms with Gasteiger partial charge in [-0.2, -0.15) is 5.10 Å². The van der Waals surface area contributed by atoms with Crippen molar-refractivity contribution in [3.63, 3.8) is 0 Å². The van der Waals surface area contributed by atoms with Crippen LogP contribution < -0.4 is 5.32 Å². The molecule has 0 fully saturated rings. The number of aromatic hydroxyl groups is 1. The van der Waals surface area contributed by atoms with Gasteiger partial charge in [0.25, 0.3) is 0 Å². The van der Waals surface area contributed by atoms with Gasteiger partial charge in [0.1, 0.15) is 5.75 Å². The summed E-state index contributed by atoms with van der Waals surface area (Å²) in [5, 5.41) is 17.1. The molecule has 5 nitrogen and oxygen atoms in total. The van der Waals surface area contributed by atoms with Crippen LogP contribution in [-0.2, 0) is 11.3 Å². The van der Waals surface area contributed by atoms with Gasteiger partial charge in [-0.25, -0.2) is 0 Å². The molecule has 0 bridgehead atoms. The summed E-state index contributed by atoms with van der Waals surface area (Å²) in [7, 11) is 0.